The van der Waals surface area contributed by atoms with Crippen LogP contribution in [0.15, 0.2) is 63.0 Å². The van der Waals surface area contributed by atoms with E-state index in [2.05, 4.69) is 40.5 Å². The molecule has 0 bridgehead atoms. The summed E-state index contributed by atoms with van der Waals surface area (Å²) in [6.45, 7) is 4.25. The Morgan fingerprint density at radius 1 is 1.30 bits per heavy atom. The molecule has 3 rings (SSSR count). The summed E-state index contributed by atoms with van der Waals surface area (Å²) in [4.78, 5) is 8.47. The zero-order valence-electron chi connectivity index (χ0n) is 16.0. The van der Waals surface area contributed by atoms with Gasteiger partial charge in [0.05, 0.1) is 19.4 Å². The number of benzene rings is 1. The van der Waals surface area contributed by atoms with E-state index in [9.17, 15) is 0 Å². The molecule has 1 aliphatic heterocycles. The standard InChI is InChI=1S/C21H29N3O2S/c1-25-15-12-23-21(22-11-9-19-6-5-14-26-19)24-13-10-18(16-24)17-27-20-7-3-2-4-8-20/h2-8,14,18H,9-13,15-17H2,1H3,(H,22,23). The highest BCUT2D eigenvalue weighted by Gasteiger charge is 2.25. The van der Waals surface area contributed by atoms with Gasteiger partial charge in [-0.3, -0.25) is 4.99 Å². The van der Waals surface area contributed by atoms with E-state index in [-0.39, 0.29) is 0 Å². The molecule has 5 nitrogen and oxygen atoms in total. The first kappa shape index (κ1) is 19.8. The molecule has 1 aromatic heterocycles. The SMILES string of the molecule is COCCN=C(NCCc1ccco1)N1CCC(CSc2ccccc2)C1. The van der Waals surface area contributed by atoms with E-state index in [0.29, 0.717) is 19.1 Å². The van der Waals surface area contributed by atoms with Crippen LogP contribution in [0.1, 0.15) is 12.2 Å². The number of thioether (sulfide) groups is 1. The van der Waals surface area contributed by atoms with Crippen molar-refractivity contribution in [2.45, 2.75) is 17.7 Å². The van der Waals surface area contributed by atoms with Gasteiger partial charge in [0, 0.05) is 43.8 Å². The van der Waals surface area contributed by atoms with Crippen molar-refractivity contribution < 1.29 is 9.15 Å². The molecule has 27 heavy (non-hydrogen) atoms. The van der Waals surface area contributed by atoms with Crippen LogP contribution < -0.4 is 5.32 Å². The molecule has 1 aliphatic rings. The van der Waals surface area contributed by atoms with E-state index in [4.69, 9.17) is 14.1 Å². The van der Waals surface area contributed by atoms with Gasteiger partial charge in [-0.05, 0) is 36.6 Å². The molecule has 1 atom stereocenters. The summed E-state index contributed by atoms with van der Waals surface area (Å²) in [6.07, 6.45) is 3.79. The Bertz CT molecular complexity index is 676. The number of ether oxygens (including phenoxy) is 1. The summed E-state index contributed by atoms with van der Waals surface area (Å²) in [6, 6.07) is 14.6. The molecule has 146 valence electrons. The molecule has 1 N–H and O–H groups in total. The van der Waals surface area contributed by atoms with Crippen molar-refractivity contribution in [3.63, 3.8) is 0 Å². The van der Waals surface area contributed by atoms with Crippen LogP contribution >= 0.6 is 11.8 Å². The summed E-state index contributed by atoms with van der Waals surface area (Å²) in [7, 11) is 1.71. The zero-order chi connectivity index (χ0) is 18.7. The van der Waals surface area contributed by atoms with Crippen molar-refractivity contribution >= 4 is 17.7 Å². The molecule has 0 amide bonds. The number of hydrogen-bond acceptors (Lipinski definition) is 4. The van der Waals surface area contributed by atoms with Crippen molar-refractivity contribution in [1.29, 1.82) is 0 Å². The normalized spacial score (nSPS) is 17.4. The maximum Gasteiger partial charge on any atom is 0.194 e. The summed E-state index contributed by atoms with van der Waals surface area (Å²) >= 11 is 1.95. The highest BCUT2D eigenvalue weighted by molar-refractivity contribution is 7.99. The minimum Gasteiger partial charge on any atom is -0.469 e. The van der Waals surface area contributed by atoms with E-state index in [1.165, 1.54) is 11.3 Å². The van der Waals surface area contributed by atoms with Gasteiger partial charge in [-0.25, -0.2) is 0 Å². The Hall–Kier alpha value is -1.92. The maximum absolute atomic E-state index is 5.41. The number of guanidine groups is 1. The van der Waals surface area contributed by atoms with Crippen LogP contribution in [0.3, 0.4) is 0 Å². The first-order valence-electron chi connectivity index (χ1n) is 9.57. The molecule has 0 radical (unpaired) electrons. The third-order valence-electron chi connectivity index (χ3n) is 4.61. The predicted molar refractivity (Wildman–Crippen MR) is 111 cm³/mol. The van der Waals surface area contributed by atoms with Crippen molar-refractivity contribution in [2.24, 2.45) is 10.9 Å². The van der Waals surface area contributed by atoms with Gasteiger partial charge >= 0.3 is 0 Å². The van der Waals surface area contributed by atoms with Crippen LogP contribution in [0.25, 0.3) is 0 Å². The molecule has 2 heterocycles. The van der Waals surface area contributed by atoms with Gasteiger partial charge in [0.2, 0.25) is 0 Å². The molecule has 0 aliphatic carbocycles. The second-order valence-corrected chi connectivity index (χ2v) is 7.77. The van der Waals surface area contributed by atoms with Crippen LogP contribution in [0.4, 0.5) is 0 Å². The molecule has 0 spiro atoms. The fraction of sp³-hybridized carbons (Fsp3) is 0.476. The Morgan fingerprint density at radius 2 is 2.19 bits per heavy atom. The quantitative estimate of drug-likeness (QED) is 0.309. The minimum absolute atomic E-state index is 0.643. The van der Waals surface area contributed by atoms with E-state index in [0.717, 1.165) is 43.5 Å². The third-order valence-corrected chi connectivity index (χ3v) is 5.85. The smallest absolute Gasteiger partial charge is 0.194 e. The maximum atomic E-state index is 5.41. The highest BCUT2D eigenvalue weighted by Crippen LogP contribution is 2.25. The van der Waals surface area contributed by atoms with Crippen molar-refractivity contribution in [3.05, 3.63) is 54.5 Å². The Labute approximate surface area is 166 Å². The van der Waals surface area contributed by atoms with Crippen LogP contribution in [0.5, 0.6) is 0 Å². The molecular weight excluding hydrogens is 358 g/mol. The molecule has 2 aromatic rings. The number of nitrogens with one attached hydrogen (secondary N) is 1. The summed E-state index contributed by atoms with van der Waals surface area (Å²) in [5, 5.41) is 3.51. The molecule has 1 aromatic carbocycles. The molecule has 1 saturated heterocycles. The lowest BCUT2D eigenvalue weighted by atomic mass is 10.2. The Morgan fingerprint density at radius 3 is 2.96 bits per heavy atom. The van der Waals surface area contributed by atoms with Crippen LogP contribution in [-0.2, 0) is 11.2 Å². The lowest BCUT2D eigenvalue weighted by Gasteiger charge is -2.22. The van der Waals surface area contributed by atoms with Gasteiger partial charge in [0.1, 0.15) is 5.76 Å². The lowest BCUT2D eigenvalue weighted by molar-refractivity contribution is 0.207. The second-order valence-electron chi connectivity index (χ2n) is 6.68. The molecule has 6 heteroatoms. The average Bonchev–Trinajstić information content (AvgIpc) is 3.38. The summed E-state index contributed by atoms with van der Waals surface area (Å²) in [5.74, 6) is 3.83. The molecular formula is C21H29N3O2S. The van der Waals surface area contributed by atoms with Gasteiger partial charge in [0.15, 0.2) is 5.96 Å². The first-order chi connectivity index (χ1) is 13.3. The lowest BCUT2D eigenvalue weighted by Crippen LogP contribution is -2.41. The van der Waals surface area contributed by atoms with Gasteiger partial charge in [-0.2, -0.15) is 0 Å². The molecule has 0 saturated carbocycles. The van der Waals surface area contributed by atoms with E-state index in [1.54, 1.807) is 13.4 Å². The number of methoxy groups -OCH3 is 1. The fourth-order valence-corrected chi connectivity index (χ4v) is 4.20. The van der Waals surface area contributed by atoms with Crippen molar-refractivity contribution in [3.8, 4) is 0 Å². The predicted octanol–water partition coefficient (Wildman–Crippen LogP) is 3.53. The highest BCUT2D eigenvalue weighted by atomic mass is 32.2. The first-order valence-corrected chi connectivity index (χ1v) is 10.6. The monoisotopic (exact) mass is 387 g/mol. The van der Waals surface area contributed by atoms with Crippen molar-refractivity contribution in [2.75, 3.05) is 45.6 Å². The van der Waals surface area contributed by atoms with E-state index < -0.39 is 0 Å². The number of aliphatic imine (C=N–C) groups is 1. The number of furan rings is 1. The van der Waals surface area contributed by atoms with Crippen LogP contribution in [0, 0.1) is 5.92 Å². The number of nitrogens with zero attached hydrogens (tertiary/aromatic N) is 2. The number of hydrogen-bond donors (Lipinski definition) is 1. The van der Waals surface area contributed by atoms with Gasteiger partial charge in [0.25, 0.3) is 0 Å². The summed E-state index contributed by atoms with van der Waals surface area (Å²) in [5.41, 5.74) is 0. The van der Waals surface area contributed by atoms with Crippen LogP contribution in [-0.4, -0.2) is 56.5 Å². The van der Waals surface area contributed by atoms with Gasteiger partial charge in [-0.15, -0.1) is 11.8 Å². The Balaban J connectivity index is 1.48. The van der Waals surface area contributed by atoms with Gasteiger partial charge < -0.3 is 19.4 Å². The zero-order valence-corrected chi connectivity index (χ0v) is 16.8. The third kappa shape index (κ3) is 6.63. The Kier molecular flexibility index (Phi) is 8.11. The van der Waals surface area contributed by atoms with Gasteiger partial charge in [-0.1, -0.05) is 18.2 Å². The van der Waals surface area contributed by atoms with E-state index >= 15 is 0 Å². The topological polar surface area (TPSA) is 50.0 Å². The van der Waals surface area contributed by atoms with Crippen LogP contribution in [0.2, 0.25) is 0 Å². The largest absolute Gasteiger partial charge is 0.469 e. The summed E-state index contributed by atoms with van der Waals surface area (Å²) < 4.78 is 10.6. The number of rotatable bonds is 9. The van der Waals surface area contributed by atoms with E-state index in [1.807, 2.05) is 23.9 Å². The second kappa shape index (κ2) is 11.0. The minimum atomic E-state index is 0.643. The molecule has 1 unspecified atom stereocenters. The van der Waals surface area contributed by atoms with Crippen molar-refractivity contribution in [1.82, 2.24) is 10.2 Å². The average molecular weight is 388 g/mol. The molecule has 1 fully saturated rings. The fourth-order valence-electron chi connectivity index (χ4n) is 3.15. The number of likely N-dealkylation sites (tertiary alicyclic amines) is 1.